The van der Waals surface area contributed by atoms with Crippen LogP contribution >= 0.6 is 31.9 Å². The minimum Gasteiger partial charge on any atom is -0.389 e. The van der Waals surface area contributed by atoms with Gasteiger partial charge in [-0.1, -0.05) is 22.9 Å². The molecule has 18 heavy (non-hydrogen) atoms. The van der Waals surface area contributed by atoms with Crippen LogP contribution in [0.25, 0.3) is 0 Å². The molecule has 0 heterocycles. The van der Waals surface area contributed by atoms with E-state index in [0.717, 1.165) is 0 Å². The fourth-order valence-corrected chi connectivity index (χ4v) is 3.80. The molecule has 0 amide bonds. The fraction of sp³-hybridized carbons (Fsp3) is 0.455. The molecule has 1 aromatic rings. The van der Waals surface area contributed by atoms with E-state index in [9.17, 15) is 13.5 Å². The summed E-state index contributed by atoms with van der Waals surface area (Å²) in [5.41, 5.74) is -1.05. The quantitative estimate of drug-likeness (QED) is 0.798. The summed E-state index contributed by atoms with van der Waals surface area (Å²) in [6.45, 7) is 3.36. The molecule has 0 saturated carbocycles. The number of halogens is 2. The SMILES string of the molecule is CCC(C)(O)CNS(=O)(=O)c1cc(Br)ccc1Br. The zero-order valence-electron chi connectivity index (χ0n) is 10.1. The molecule has 0 aliphatic carbocycles. The van der Waals surface area contributed by atoms with Crippen molar-refractivity contribution in [3.63, 3.8) is 0 Å². The zero-order valence-corrected chi connectivity index (χ0v) is 14.1. The van der Waals surface area contributed by atoms with Gasteiger partial charge in [0, 0.05) is 15.5 Å². The number of aliphatic hydroxyl groups is 1. The average Bonchev–Trinajstić information content (AvgIpc) is 2.30. The molecule has 1 atom stereocenters. The van der Waals surface area contributed by atoms with Crippen LogP contribution in [0.2, 0.25) is 0 Å². The third-order valence-corrected chi connectivity index (χ3v) is 5.48. The van der Waals surface area contributed by atoms with Gasteiger partial charge in [0.15, 0.2) is 0 Å². The van der Waals surface area contributed by atoms with Crippen molar-refractivity contribution >= 4 is 41.9 Å². The van der Waals surface area contributed by atoms with E-state index in [1.54, 1.807) is 26.0 Å². The monoisotopic (exact) mass is 399 g/mol. The molecule has 0 bridgehead atoms. The molecule has 1 unspecified atom stereocenters. The Bertz CT molecular complexity index is 529. The van der Waals surface area contributed by atoms with E-state index in [-0.39, 0.29) is 11.4 Å². The van der Waals surface area contributed by atoms with Gasteiger partial charge in [-0.15, -0.1) is 0 Å². The first-order chi connectivity index (χ1) is 8.18. The third kappa shape index (κ3) is 4.31. The molecule has 0 radical (unpaired) electrons. The Morgan fingerprint density at radius 2 is 2.00 bits per heavy atom. The number of hydrogen-bond acceptors (Lipinski definition) is 3. The van der Waals surface area contributed by atoms with E-state index < -0.39 is 15.6 Å². The Labute approximate surface area is 124 Å². The van der Waals surface area contributed by atoms with Crippen LogP contribution in [0.4, 0.5) is 0 Å². The summed E-state index contributed by atoms with van der Waals surface area (Å²) >= 11 is 6.43. The summed E-state index contributed by atoms with van der Waals surface area (Å²) in [7, 11) is -3.64. The molecule has 0 fully saturated rings. The van der Waals surface area contributed by atoms with E-state index >= 15 is 0 Å². The van der Waals surface area contributed by atoms with Crippen LogP contribution in [-0.4, -0.2) is 25.7 Å². The summed E-state index contributed by atoms with van der Waals surface area (Å²) in [5, 5.41) is 9.81. The largest absolute Gasteiger partial charge is 0.389 e. The molecule has 7 heteroatoms. The molecular weight excluding hydrogens is 386 g/mol. The Morgan fingerprint density at radius 3 is 2.56 bits per heavy atom. The summed E-state index contributed by atoms with van der Waals surface area (Å²) in [4.78, 5) is 0.142. The van der Waals surface area contributed by atoms with Gasteiger partial charge in [-0.05, 0) is 47.5 Å². The molecule has 0 saturated heterocycles. The lowest BCUT2D eigenvalue weighted by Gasteiger charge is -2.21. The molecule has 1 rings (SSSR count). The lowest BCUT2D eigenvalue weighted by atomic mass is 10.1. The molecule has 0 aliphatic heterocycles. The van der Waals surface area contributed by atoms with Crippen molar-refractivity contribution in [2.75, 3.05) is 6.54 Å². The van der Waals surface area contributed by atoms with Gasteiger partial charge in [0.05, 0.1) is 10.5 Å². The van der Waals surface area contributed by atoms with Gasteiger partial charge in [0.1, 0.15) is 0 Å². The van der Waals surface area contributed by atoms with Crippen LogP contribution in [0.15, 0.2) is 32.0 Å². The van der Waals surface area contributed by atoms with Crippen molar-refractivity contribution in [2.45, 2.75) is 30.8 Å². The Balaban J connectivity index is 2.97. The lowest BCUT2D eigenvalue weighted by molar-refractivity contribution is 0.0613. The molecular formula is C11H15Br2NO3S. The first kappa shape index (κ1) is 16.1. The molecule has 0 spiro atoms. The summed E-state index contributed by atoms with van der Waals surface area (Å²) in [5.74, 6) is 0. The van der Waals surface area contributed by atoms with Crippen molar-refractivity contribution < 1.29 is 13.5 Å². The number of hydrogen-bond donors (Lipinski definition) is 2. The maximum absolute atomic E-state index is 12.1. The van der Waals surface area contributed by atoms with Crippen LogP contribution in [-0.2, 0) is 10.0 Å². The second-order valence-electron chi connectivity index (χ2n) is 4.25. The Morgan fingerprint density at radius 1 is 1.39 bits per heavy atom. The van der Waals surface area contributed by atoms with Crippen LogP contribution in [0, 0.1) is 0 Å². The third-order valence-electron chi connectivity index (χ3n) is 2.59. The molecule has 2 N–H and O–H groups in total. The van der Waals surface area contributed by atoms with E-state index in [2.05, 4.69) is 36.6 Å². The van der Waals surface area contributed by atoms with Crippen LogP contribution in [0.3, 0.4) is 0 Å². The highest BCUT2D eigenvalue weighted by Crippen LogP contribution is 2.25. The van der Waals surface area contributed by atoms with Crippen LogP contribution in [0.1, 0.15) is 20.3 Å². The van der Waals surface area contributed by atoms with Crippen molar-refractivity contribution in [3.8, 4) is 0 Å². The summed E-state index contributed by atoms with van der Waals surface area (Å²) < 4.78 is 27.8. The molecule has 0 aromatic heterocycles. The Kier molecular flexibility index (Phi) is 5.37. The van der Waals surface area contributed by atoms with Gasteiger partial charge in [-0.3, -0.25) is 0 Å². The first-order valence-corrected chi connectivity index (χ1v) is 8.42. The van der Waals surface area contributed by atoms with Gasteiger partial charge >= 0.3 is 0 Å². The fourth-order valence-electron chi connectivity index (χ4n) is 1.14. The Hall–Kier alpha value is 0.0500. The van der Waals surface area contributed by atoms with Gasteiger partial charge in [0.25, 0.3) is 0 Å². The van der Waals surface area contributed by atoms with Gasteiger partial charge in [-0.25, -0.2) is 13.1 Å². The molecule has 0 aliphatic rings. The van der Waals surface area contributed by atoms with E-state index in [4.69, 9.17) is 0 Å². The van der Waals surface area contributed by atoms with Gasteiger partial charge < -0.3 is 5.11 Å². The predicted molar refractivity (Wildman–Crippen MR) is 77.9 cm³/mol. The molecule has 102 valence electrons. The van der Waals surface area contributed by atoms with Crippen LogP contribution < -0.4 is 4.72 Å². The highest BCUT2D eigenvalue weighted by Gasteiger charge is 2.23. The lowest BCUT2D eigenvalue weighted by Crippen LogP contribution is -2.40. The standard InChI is InChI=1S/C11H15Br2NO3S/c1-3-11(2,15)7-14-18(16,17)10-6-8(12)4-5-9(10)13/h4-6,14-15H,3,7H2,1-2H3. The minimum atomic E-state index is -3.64. The average molecular weight is 401 g/mol. The number of rotatable bonds is 5. The number of nitrogens with one attached hydrogen (secondary N) is 1. The van der Waals surface area contributed by atoms with Crippen molar-refractivity contribution in [1.29, 1.82) is 0 Å². The highest BCUT2D eigenvalue weighted by molar-refractivity contribution is 9.11. The van der Waals surface area contributed by atoms with E-state index in [1.165, 1.54) is 6.07 Å². The maximum atomic E-state index is 12.1. The zero-order chi connectivity index (χ0) is 14.0. The maximum Gasteiger partial charge on any atom is 0.241 e. The van der Waals surface area contributed by atoms with Gasteiger partial charge in [-0.2, -0.15) is 0 Å². The smallest absolute Gasteiger partial charge is 0.241 e. The van der Waals surface area contributed by atoms with Crippen LogP contribution in [0.5, 0.6) is 0 Å². The summed E-state index contributed by atoms with van der Waals surface area (Å²) in [6, 6.07) is 4.90. The van der Waals surface area contributed by atoms with Crippen molar-refractivity contribution in [3.05, 3.63) is 27.1 Å². The first-order valence-electron chi connectivity index (χ1n) is 5.35. The normalized spacial score (nSPS) is 15.4. The topological polar surface area (TPSA) is 66.4 Å². The highest BCUT2D eigenvalue weighted by atomic mass is 79.9. The van der Waals surface area contributed by atoms with E-state index in [1.807, 2.05) is 0 Å². The van der Waals surface area contributed by atoms with Gasteiger partial charge in [0.2, 0.25) is 10.0 Å². The number of sulfonamides is 1. The predicted octanol–water partition coefficient (Wildman–Crippen LogP) is 2.65. The molecule has 4 nitrogen and oxygen atoms in total. The molecule has 1 aromatic carbocycles. The minimum absolute atomic E-state index is 0.0230. The number of benzene rings is 1. The second kappa shape index (κ2) is 6.00. The second-order valence-corrected chi connectivity index (χ2v) is 7.76. The van der Waals surface area contributed by atoms with E-state index in [0.29, 0.717) is 15.4 Å². The van der Waals surface area contributed by atoms with Crippen molar-refractivity contribution in [1.82, 2.24) is 4.72 Å². The summed E-state index contributed by atoms with van der Waals surface area (Å²) in [6.07, 6.45) is 0.467. The van der Waals surface area contributed by atoms with Crippen molar-refractivity contribution in [2.24, 2.45) is 0 Å².